The van der Waals surface area contributed by atoms with Gasteiger partial charge in [0, 0.05) is 12.6 Å². The van der Waals surface area contributed by atoms with Gasteiger partial charge in [0.25, 0.3) is 0 Å². The number of amides is 1. The van der Waals surface area contributed by atoms with Crippen LogP contribution in [0.5, 0.6) is 0 Å². The summed E-state index contributed by atoms with van der Waals surface area (Å²) < 4.78 is 5.94. The number of nitrogens with one attached hydrogen (secondary N) is 1. The van der Waals surface area contributed by atoms with E-state index in [1.54, 1.807) is 0 Å². The third kappa shape index (κ3) is 5.49. The normalized spacial score (nSPS) is 21.7. The molecule has 2 N–H and O–H groups in total. The number of hydrogen-bond donors (Lipinski definition) is 2. The summed E-state index contributed by atoms with van der Waals surface area (Å²) in [4.78, 5) is 12.2. The van der Waals surface area contributed by atoms with Crippen LogP contribution in [-0.4, -0.2) is 35.9 Å². The average molecular weight is 271 g/mol. The molecule has 4 nitrogen and oxygen atoms in total. The first-order valence-corrected chi connectivity index (χ1v) is 7.65. The third-order valence-corrected chi connectivity index (χ3v) is 4.08. The Morgan fingerprint density at radius 1 is 1.32 bits per heavy atom. The van der Waals surface area contributed by atoms with E-state index in [1.807, 2.05) is 20.8 Å². The average Bonchev–Trinajstić information content (AvgIpc) is 2.44. The van der Waals surface area contributed by atoms with E-state index in [2.05, 4.69) is 5.32 Å². The van der Waals surface area contributed by atoms with Crippen LogP contribution in [0.1, 0.15) is 59.3 Å². The first-order chi connectivity index (χ1) is 9.08. The molecule has 0 bridgehead atoms. The number of rotatable bonds is 7. The highest BCUT2D eigenvalue weighted by Crippen LogP contribution is 2.22. The first kappa shape index (κ1) is 16.4. The summed E-state index contributed by atoms with van der Waals surface area (Å²) in [6.07, 6.45) is 6.45. The number of hydrogen-bond acceptors (Lipinski definition) is 3. The molecule has 3 atom stereocenters. The minimum absolute atomic E-state index is 0.0264. The summed E-state index contributed by atoms with van der Waals surface area (Å²) in [5.41, 5.74) is 0. The molecule has 0 saturated heterocycles. The Labute approximate surface area is 116 Å². The Kier molecular flexibility index (Phi) is 7.39. The Morgan fingerprint density at radius 3 is 2.47 bits per heavy atom. The fourth-order valence-corrected chi connectivity index (χ4v) is 2.39. The summed E-state index contributed by atoms with van der Waals surface area (Å²) in [5, 5.41) is 12.0. The Balaban J connectivity index is 2.42. The van der Waals surface area contributed by atoms with Crippen LogP contribution >= 0.6 is 0 Å². The molecule has 112 valence electrons. The fraction of sp³-hybridized carbons (Fsp3) is 0.933. The van der Waals surface area contributed by atoms with Gasteiger partial charge in [-0.2, -0.15) is 0 Å². The van der Waals surface area contributed by atoms with Crippen LogP contribution in [0.4, 0.5) is 0 Å². The zero-order valence-corrected chi connectivity index (χ0v) is 12.5. The maximum atomic E-state index is 12.2. The number of carbonyl (C=O) groups excluding carboxylic acids is 1. The number of carbonyl (C=O) groups is 1. The Hall–Kier alpha value is -0.610. The molecule has 1 aliphatic rings. The Morgan fingerprint density at radius 2 is 1.95 bits per heavy atom. The number of aliphatic hydroxyl groups excluding tert-OH is 1. The van der Waals surface area contributed by atoms with E-state index in [4.69, 9.17) is 9.84 Å². The first-order valence-electron chi connectivity index (χ1n) is 7.65. The van der Waals surface area contributed by atoms with E-state index in [1.165, 1.54) is 19.3 Å². The van der Waals surface area contributed by atoms with Gasteiger partial charge in [-0.25, -0.2) is 0 Å². The molecule has 1 amide bonds. The van der Waals surface area contributed by atoms with Crippen molar-refractivity contribution in [3.8, 4) is 0 Å². The molecule has 0 heterocycles. The summed E-state index contributed by atoms with van der Waals surface area (Å²) in [7, 11) is 0. The second kappa shape index (κ2) is 8.54. The van der Waals surface area contributed by atoms with Crippen LogP contribution in [0.25, 0.3) is 0 Å². The van der Waals surface area contributed by atoms with Crippen LogP contribution in [0.3, 0.4) is 0 Å². The zero-order valence-electron chi connectivity index (χ0n) is 12.5. The van der Waals surface area contributed by atoms with Crippen molar-refractivity contribution in [1.82, 2.24) is 5.32 Å². The molecule has 0 aromatic heterocycles. The minimum atomic E-state index is -0.351. The molecule has 0 aliphatic heterocycles. The van der Waals surface area contributed by atoms with Crippen molar-refractivity contribution in [3.63, 3.8) is 0 Å². The molecule has 1 saturated carbocycles. The highest BCUT2D eigenvalue weighted by Gasteiger charge is 2.25. The van der Waals surface area contributed by atoms with E-state index in [0.29, 0.717) is 6.42 Å². The largest absolute Gasteiger partial charge is 0.396 e. The molecular weight excluding hydrogens is 242 g/mol. The van der Waals surface area contributed by atoms with Gasteiger partial charge in [0.05, 0.1) is 6.10 Å². The second-order valence-electron chi connectivity index (χ2n) is 5.75. The standard InChI is InChI=1S/C15H29NO3/c1-4-14(19-13-8-6-5-7-9-13)15(18)16-12(3)11(2)10-17/h11-14,17H,4-10H2,1-3H3,(H,16,18). The fourth-order valence-electron chi connectivity index (χ4n) is 2.39. The van der Waals surface area contributed by atoms with E-state index in [-0.39, 0.29) is 36.7 Å². The third-order valence-electron chi connectivity index (χ3n) is 4.08. The van der Waals surface area contributed by atoms with Crippen molar-refractivity contribution in [2.24, 2.45) is 5.92 Å². The van der Waals surface area contributed by atoms with Crippen molar-refractivity contribution in [1.29, 1.82) is 0 Å². The van der Waals surface area contributed by atoms with E-state index >= 15 is 0 Å². The lowest BCUT2D eigenvalue weighted by molar-refractivity contribution is -0.139. The zero-order chi connectivity index (χ0) is 14.3. The highest BCUT2D eigenvalue weighted by atomic mass is 16.5. The molecule has 0 aromatic carbocycles. The molecule has 0 spiro atoms. The van der Waals surface area contributed by atoms with Gasteiger partial charge in [0.1, 0.15) is 6.10 Å². The number of ether oxygens (including phenoxy) is 1. The predicted octanol–water partition coefficient (Wildman–Crippen LogP) is 2.25. The smallest absolute Gasteiger partial charge is 0.249 e. The van der Waals surface area contributed by atoms with Gasteiger partial charge in [-0.3, -0.25) is 4.79 Å². The predicted molar refractivity (Wildman–Crippen MR) is 75.9 cm³/mol. The van der Waals surface area contributed by atoms with Gasteiger partial charge in [-0.1, -0.05) is 33.1 Å². The number of aliphatic hydroxyl groups is 1. The lowest BCUT2D eigenvalue weighted by Crippen LogP contribution is -2.45. The second-order valence-corrected chi connectivity index (χ2v) is 5.75. The van der Waals surface area contributed by atoms with Crippen molar-refractivity contribution in [2.45, 2.75) is 77.5 Å². The molecule has 0 radical (unpaired) electrons. The van der Waals surface area contributed by atoms with E-state index in [0.717, 1.165) is 12.8 Å². The quantitative estimate of drug-likeness (QED) is 0.746. The van der Waals surface area contributed by atoms with Crippen LogP contribution in [-0.2, 0) is 9.53 Å². The van der Waals surface area contributed by atoms with Gasteiger partial charge in [-0.05, 0) is 32.1 Å². The SMILES string of the molecule is CCC(OC1CCCCC1)C(=O)NC(C)C(C)CO. The molecule has 0 aromatic rings. The summed E-state index contributed by atoms with van der Waals surface area (Å²) in [6, 6.07) is -0.0264. The highest BCUT2D eigenvalue weighted by molar-refractivity contribution is 5.81. The lowest BCUT2D eigenvalue weighted by Gasteiger charge is -2.28. The van der Waals surface area contributed by atoms with Crippen LogP contribution in [0.2, 0.25) is 0 Å². The van der Waals surface area contributed by atoms with Crippen molar-refractivity contribution >= 4 is 5.91 Å². The van der Waals surface area contributed by atoms with Crippen LogP contribution in [0.15, 0.2) is 0 Å². The molecular formula is C15H29NO3. The molecule has 19 heavy (non-hydrogen) atoms. The monoisotopic (exact) mass is 271 g/mol. The molecule has 1 aliphatic carbocycles. The topological polar surface area (TPSA) is 58.6 Å². The lowest BCUT2D eigenvalue weighted by atomic mass is 9.97. The van der Waals surface area contributed by atoms with Gasteiger partial charge in [0.2, 0.25) is 5.91 Å². The van der Waals surface area contributed by atoms with E-state index in [9.17, 15) is 4.79 Å². The molecule has 1 rings (SSSR count). The van der Waals surface area contributed by atoms with E-state index < -0.39 is 0 Å². The maximum Gasteiger partial charge on any atom is 0.249 e. The van der Waals surface area contributed by atoms with Gasteiger partial charge in [0.15, 0.2) is 0 Å². The summed E-state index contributed by atoms with van der Waals surface area (Å²) >= 11 is 0. The van der Waals surface area contributed by atoms with Gasteiger partial charge >= 0.3 is 0 Å². The Bertz CT molecular complexity index is 264. The molecule has 4 heteroatoms. The summed E-state index contributed by atoms with van der Waals surface area (Å²) in [5.74, 6) is 0.0250. The van der Waals surface area contributed by atoms with Crippen molar-refractivity contribution in [2.75, 3.05) is 6.61 Å². The maximum absolute atomic E-state index is 12.2. The molecule has 1 fully saturated rings. The van der Waals surface area contributed by atoms with Crippen LogP contribution in [0, 0.1) is 5.92 Å². The molecule has 3 unspecified atom stereocenters. The van der Waals surface area contributed by atoms with Crippen molar-refractivity contribution < 1.29 is 14.6 Å². The van der Waals surface area contributed by atoms with Crippen LogP contribution < -0.4 is 5.32 Å². The minimum Gasteiger partial charge on any atom is -0.396 e. The van der Waals surface area contributed by atoms with Gasteiger partial charge < -0.3 is 15.2 Å². The summed E-state index contributed by atoms with van der Waals surface area (Å²) in [6.45, 7) is 5.91. The van der Waals surface area contributed by atoms with Crippen molar-refractivity contribution in [3.05, 3.63) is 0 Å². The van der Waals surface area contributed by atoms with Gasteiger partial charge in [-0.15, -0.1) is 0 Å².